The lowest BCUT2D eigenvalue weighted by molar-refractivity contribution is 0.195. The first-order valence-corrected chi connectivity index (χ1v) is 6.07. The molecule has 5 heteroatoms. The van der Waals surface area contributed by atoms with Gasteiger partial charge < -0.3 is 14.8 Å². The van der Waals surface area contributed by atoms with E-state index in [0.29, 0.717) is 18.9 Å². The van der Waals surface area contributed by atoms with Gasteiger partial charge in [-0.2, -0.15) is 0 Å². The Morgan fingerprint density at radius 1 is 1.32 bits per heavy atom. The summed E-state index contributed by atoms with van der Waals surface area (Å²) in [6.45, 7) is 0.642. The Morgan fingerprint density at radius 3 is 2.74 bits per heavy atom. The number of rotatable bonds is 5. The molecule has 1 aromatic heterocycles. The lowest BCUT2D eigenvalue weighted by Gasteiger charge is -2.04. The number of hydrogen-bond donors (Lipinski definition) is 2. The maximum Gasteiger partial charge on any atom is 0.251 e. The van der Waals surface area contributed by atoms with Gasteiger partial charge in [0.05, 0.1) is 0 Å². The molecule has 0 saturated heterocycles. The van der Waals surface area contributed by atoms with Crippen LogP contribution in [-0.4, -0.2) is 28.8 Å². The van der Waals surface area contributed by atoms with Crippen molar-refractivity contribution in [1.29, 1.82) is 0 Å². The number of hydrogen-bond acceptors (Lipinski definition) is 4. The standard InChI is InChI=1S/C14H16N2O3/c1-19-8-2-3-11-9-13(18)16-14(15-11)10-4-6-12(17)7-5-10/h4-7,9,17H,2-3,8H2,1H3,(H,15,16,18). The van der Waals surface area contributed by atoms with E-state index < -0.39 is 0 Å². The van der Waals surface area contributed by atoms with Gasteiger partial charge in [-0.3, -0.25) is 4.79 Å². The lowest BCUT2D eigenvalue weighted by Crippen LogP contribution is -2.10. The van der Waals surface area contributed by atoms with Gasteiger partial charge in [0.1, 0.15) is 11.6 Å². The predicted octanol–water partition coefficient (Wildman–Crippen LogP) is 1.72. The number of nitrogens with one attached hydrogen (secondary N) is 1. The molecule has 2 N–H and O–H groups in total. The van der Waals surface area contributed by atoms with Crippen LogP contribution in [0, 0.1) is 0 Å². The largest absolute Gasteiger partial charge is 0.508 e. The number of aryl methyl sites for hydroxylation is 1. The second-order valence-corrected chi connectivity index (χ2v) is 4.23. The van der Waals surface area contributed by atoms with Crippen LogP contribution < -0.4 is 5.56 Å². The molecule has 0 amide bonds. The molecular formula is C14H16N2O3. The maximum absolute atomic E-state index is 11.6. The second kappa shape index (κ2) is 6.15. The topological polar surface area (TPSA) is 75.2 Å². The van der Waals surface area contributed by atoms with Gasteiger partial charge >= 0.3 is 0 Å². The lowest BCUT2D eigenvalue weighted by atomic mass is 10.2. The van der Waals surface area contributed by atoms with Crippen LogP contribution in [0.25, 0.3) is 11.4 Å². The summed E-state index contributed by atoms with van der Waals surface area (Å²) in [5, 5.41) is 9.25. The molecule has 5 nitrogen and oxygen atoms in total. The number of nitrogens with zero attached hydrogens (tertiary/aromatic N) is 1. The highest BCUT2D eigenvalue weighted by Gasteiger charge is 2.04. The Hall–Kier alpha value is -2.14. The zero-order valence-electron chi connectivity index (χ0n) is 10.7. The summed E-state index contributed by atoms with van der Waals surface area (Å²) in [6.07, 6.45) is 1.52. The smallest absolute Gasteiger partial charge is 0.251 e. The predicted molar refractivity (Wildman–Crippen MR) is 72.2 cm³/mol. The zero-order valence-corrected chi connectivity index (χ0v) is 10.7. The van der Waals surface area contributed by atoms with E-state index in [1.807, 2.05) is 0 Å². The number of aromatic amines is 1. The second-order valence-electron chi connectivity index (χ2n) is 4.23. The Bertz CT molecular complexity index is 590. The first-order chi connectivity index (χ1) is 9.19. The summed E-state index contributed by atoms with van der Waals surface area (Å²) in [4.78, 5) is 18.7. The first-order valence-electron chi connectivity index (χ1n) is 6.07. The van der Waals surface area contributed by atoms with Crippen molar-refractivity contribution in [3.8, 4) is 17.1 Å². The summed E-state index contributed by atoms with van der Waals surface area (Å²) in [6, 6.07) is 8.05. The van der Waals surface area contributed by atoms with Gasteiger partial charge in [0.15, 0.2) is 0 Å². The van der Waals surface area contributed by atoms with Crippen LogP contribution in [0.2, 0.25) is 0 Å². The Balaban J connectivity index is 2.25. The van der Waals surface area contributed by atoms with E-state index in [-0.39, 0.29) is 11.3 Å². The molecule has 100 valence electrons. The average Bonchev–Trinajstić information content (AvgIpc) is 2.39. The van der Waals surface area contributed by atoms with Gasteiger partial charge in [-0.15, -0.1) is 0 Å². The third-order valence-corrected chi connectivity index (χ3v) is 2.72. The molecule has 0 bridgehead atoms. The number of benzene rings is 1. The van der Waals surface area contributed by atoms with Crippen molar-refractivity contribution in [1.82, 2.24) is 9.97 Å². The summed E-state index contributed by atoms with van der Waals surface area (Å²) in [5.41, 5.74) is 1.33. The van der Waals surface area contributed by atoms with Crippen LogP contribution in [0.1, 0.15) is 12.1 Å². The van der Waals surface area contributed by atoms with Crippen LogP contribution in [0.3, 0.4) is 0 Å². The van der Waals surface area contributed by atoms with Crippen LogP contribution in [-0.2, 0) is 11.2 Å². The number of ether oxygens (including phenoxy) is 1. The fraction of sp³-hybridized carbons (Fsp3) is 0.286. The fourth-order valence-electron chi connectivity index (χ4n) is 1.79. The van der Waals surface area contributed by atoms with E-state index in [9.17, 15) is 9.90 Å². The van der Waals surface area contributed by atoms with Gasteiger partial charge in [-0.1, -0.05) is 0 Å². The van der Waals surface area contributed by atoms with E-state index in [0.717, 1.165) is 17.7 Å². The van der Waals surface area contributed by atoms with Gasteiger partial charge in [0.2, 0.25) is 0 Å². The molecule has 1 heterocycles. The van der Waals surface area contributed by atoms with Crippen molar-refractivity contribution >= 4 is 0 Å². The highest BCUT2D eigenvalue weighted by Crippen LogP contribution is 2.17. The molecule has 0 fully saturated rings. The van der Waals surface area contributed by atoms with Crippen molar-refractivity contribution in [2.24, 2.45) is 0 Å². The van der Waals surface area contributed by atoms with Gasteiger partial charge in [0.25, 0.3) is 5.56 Å². The molecule has 1 aromatic carbocycles. The molecule has 2 aromatic rings. The molecule has 0 saturated carbocycles. The minimum absolute atomic E-state index is 0.175. The Morgan fingerprint density at radius 2 is 2.05 bits per heavy atom. The normalized spacial score (nSPS) is 10.6. The van der Waals surface area contributed by atoms with Crippen LogP contribution in [0.5, 0.6) is 5.75 Å². The zero-order chi connectivity index (χ0) is 13.7. The molecule has 0 unspecified atom stereocenters. The molecule has 0 aliphatic rings. The fourth-order valence-corrected chi connectivity index (χ4v) is 1.79. The van der Waals surface area contributed by atoms with E-state index >= 15 is 0 Å². The average molecular weight is 260 g/mol. The first kappa shape index (κ1) is 13.3. The van der Waals surface area contributed by atoms with Crippen molar-refractivity contribution < 1.29 is 9.84 Å². The third-order valence-electron chi connectivity index (χ3n) is 2.72. The third kappa shape index (κ3) is 3.66. The Kier molecular flexibility index (Phi) is 4.30. The summed E-state index contributed by atoms with van der Waals surface area (Å²) in [5.74, 6) is 0.697. The number of aromatic nitrogens is 2. The molecule has 0 atom stereocenters. The minimum Gasteiger partial charge on any atom is -0.508 e. The van der Waals surface area contributed by atoms with Crippen LogP contribution >= 0.6 is 0 Å². The summed E-state index contributed by atoms with van der Waals surface area (Å²) >= 11 is 0. The van der Waals surface area contributed by atoms with Gasteiger partial charge in [0, 0.05) is 31.0 Å². The molecule has 2 rings (SSSR count). The van der Waals surface area contributed by atoms with Crippen molar-refractivity contribution in [2.45, 2.75) is 12.8 Å². The van der Waals surface area contributed by atoms with Crippen molar-refractivity contribution in [3.63, 3.8) is 0 Å². The van der Waals surface area contributed by atoms with Crippen molar-refractivity contribution in [3.05, 3.63) is 46.4 Å². The molecule has 0 radical (unpaired) electrons. The molecule has 0 aliphatic heterocycles. The minimum atomic E-state index is -0.175. The van der Waals surface area contributed by atoms with Gasteiger partial charge in [-0.05, 0) is 37.1 Å². The molecular weight excluding hydrogens is 244 g/mol. The van der Waals surface area contributed by atoms with E-state index in [4.69, 9.17) is 4.74 Å². The number of phenolic OH excluding ortho intramolecular Hbond substituents is 1. The molecule has 0 aliphatic carbocycles. The number of H-pyrrole nitrogens is 1. The molecule has 19 heavy (non-hydrogen) atoms. The summed E-state index contributed by atoms with van der Waals surface area (Å²) in [7, 11) is 1.65. The van der Waals surface area contributed by atoms with E-state index in [1.54, 1.807) is 31.4 Å². The number of phenols is 1. The van der Waals surface area contributed by atoms with E-state index in [2.05, 4.69) is 9.97 Å². The van der Waals surface area contributed by atoms with Crippen molar-refractivity contribution in [2.75, 3.05) is 13.7 Å². The summed E-state index contributed by atoms with van der Waals surface area (Å²) < 4.78 is 4.98. The highest BCUT2D eigenvalue weighted by molar-refractivity contribution is 5.55. The van der Waals surface area contributed by atoms with Gasteiger partial charge in [-0.25, -0.2) is 4.98 Å². The number of aromatic hydroxyl groups is 1. The Labute approximate surface area is 110 Å². The van der Waals surface area contributed by atoms with E-state index in [1.165, 1.54) is 6.07 Å². The monoisotopic (exact) mass is 260 g/mol. The van der Waals surface area contributed by atoms with Crippen LogP contribution in [0.15, 0.2) is 35.1 Å². The maximum atomic E-state index is 11.6. The molecule has 0 spiro atoms. The highest BCUT2D eigenvalue weighted by atomic mass is 16.5. The quantitative estimate of drug-likeness (QED) is 0.803. The SMILES string of the molecule is COCCCc1cc(=O)[nH]c(-c2ccc(O)cc2)n1. The van der Waals surface area contributed by atoms with Crippen LogP contribution in [0.4, 0.5) is 0 Å². The number of methoxy groups -OCH3 is 1.